The monoisotopic (exact) mass is 381 g/mol. The number of H-pyrrole nitrogens is 1. The van der Waals surface area contributed by atoms with Gasteiger partial charge in [0.1, 0.15) is 17.5 Å². The van der Waals surface area contributed by atoms with E-state index in [4.69, 9.17) is 0 Å². The standard InChI is InChI=1S/C23H19N5O/c1-15-7-9-19(10-8-15)28-22(11-16(2)27-28)26-23(29)17(13-24)12-18-14-25-21-6-4-3-5-20(18)21/h3-12,14,25H,1-2H3,(H,26,29)/b17-12+. The van der Waals surface area contributed by atoms with Crippen LogP contribution in [0.3, 0.4) is 0 Å². The second kappa shape index (κ2) is 7.49. The van der Waals surface area contributed by atoms with Gasteiger partial charge in [-0.25, -0.2) is 4.68 Å². The van der Waals surface area contributed by atoms with Crippen LogP contribution in [0.2, 0.25) is 0 Å². The van der Waals surface area contributed by atoms with Gasteiger partial charge in [0.05, 0.1) is 11.4 Å². The van der Waals surface area contributed by atoms with Crippen LogP contribution in [0, 0.1) is 25.2 Å². The van der Waals surface area contributed by atoms with Gasteiger partial charge < -0.3 is 10.3 Å². The lowest BCUT2D eigenvalue weighted by molar-refractivity contribution is -0.112. The summed E-state index contributed by atoms with van der Waals surface area (Å²) in [6.07, 6.45) is 3.38. The quantitative estimate of drug-likeness (QED) is 0.403. The Hall–Kier alpha value is -4.11. The zero-order valence-electron chi connectivity index (χ0n) is 16.1. The van der Waals surface area contributed by atoms with Crippen molar-refractivity contribution in [3.05, 3.63) is 83.2 Å². The average molecular weight is 381 g/mol. The Morgan fingerprint density at radius 1 is 1.17 bits per heavy atom. The summed E-state index contributed by atoms with van der Waals surface area (Å²) in [6, 6.07) is 19.4. The number of nitriles is 1. The summed E-state index contributed by atoms with van der Waals surface area (Å²) in [5, 5.41) is 17.8. The Labute approximate surface area is 168 Å². The number of aromatic nitrogens is 3. The molecule has 0 fully saturated rings. The molecule has 0 unspecified atom stereocenters. The molecule has 0 bridgehead atoms. The third-order valence-corrected chi connectivity index (χ3v) is 4.64. The van der Waals surface area contributed by atoms with E-state index in [1.54, 1.807) is 23.0 Å². The van der Waals surface area contributed by atoms with Gasteiger partial charge in [0.25, 0.3) is 5.91 Å². The number of aryl methyl sites for hydroxylation is 2. The Bertz CT molecular complexity index is 1270. The maximum absolute atomic E-state index is 12.8. The molecule has 29 heavy (non-hydrogen) atoms. The smallest absolute Gasteiger partial charge is 0.267 e. The molecule has 4 aromatic rings. The molecule has 6 heteroatoms. The van der Waals surface area contributed by atoms with Crippen molar-refractivity contribution in [3.63, 3.8) is 0 Å². The van der Waals surface area contributed by atoms with Crippen molar-refractivity contribution in [2.45, 2.75) is 13.8 Å². The third kappa shape index (κ3) is 3.66. The number of nitrogens with zero attached hydrogens (tertiary/aromatic N) is 3. The van der Waals surface area contributed by atoms with Crippen LogP contribution >= 0.6 is 0 Å². The number of carbonyl (C=O) groups is 1. The number of hydrogen-bond donors (Lipinski definition) is 2. The summed E-state index contributed by atoms with van der Waals surface area (Å²) in [5.41, 5.74) is 4.49. The number of hydrogen-bond acceptors (Lipinski definition) is 3. The fraction of sp³-hybridized carbons (Fsp3) is 0.0870. The molecule has 2 N–H and O–H groups in total. The molecule has 0 saturated heterocycles. The van der Waals surface area contributed by atoms with Crippen molar-refractivity contribution in [1.29, 1.82) is 5.26 Å². The number of benzene rings is 2. The molecule has 0 spiro atoms. The highest BCUT2D eigenvalue weighted by atomic mass is 16.1. The van der Waals surface area contributed by atoms with E-state index in [1.807, 2.05) is 68.4 Å². The Morgan fingerprint density at radius 2 is 1.93 bits per heavy atom. The molecular formula is C23H19N5O. The second-order valence-corrected chi connectivity index (χ2v) is 6.83. The lowest BCUT2D eigenvalue weighted by atomic mass is 10.1. The molecule has 2 aromatic heterocycles. The highest BCUT2D eigenvalue weighted by Gasteiger charge is 2.15. The molecule has 6 nitrogen and oxygen atoms in total. The molecule has 0 aliphatic carbocycles. The van der Waals surface area contributed by atoms with Crippen LogP contribution in [-0.2, 0) is 4.79 Å². The van der Waals surface area contributed by atoms with Crippen molar-refractivity contribution in [3.8, 4) is 11.8 Å². The van der Waals surface area contributed by atoms with Crippen molar-refractivity contribution in [1.82, 2.24) is 14.8 Å². The Balaban J connectivity index is 1.65. The van der Waals surface area contributed by atoms with Crippen molar-refractivity contribution in [2.24, 2.45) is 0 Å². The van der Waals surface area contributed by atoms with E-state index in [9.17, 15) is 10.1 Å². The van der Waals surface area contributed by atoms with Gasteiger partial charge >= 0.3 is 0 Å². The van der Waals surface area contributed by atoms with Crippen LogP contribution < -0.4 is 5.32 Å². The van der Waals surface area contributed by atoms with Gasteiger partial charge in [-0.15, -0.1) is 0 Å². The minimum absolute atomic E-state index is 0.0177. The van der Waals surface area contributed by atoms with Crippen molar-refractivity contribution in [2.75, 3.05) is 5.32 Å². The summed E-state index contributed by atoms with van der Waals surface area (Å²) in [7, 11) is 0. The molecule has 0 aliphatic heterocycles. The predicted molar refractivity (Wildman–Crippen MR) is 114 cm³/mol. The lowest BCUT2D eigenvalue weighted by Crippen LogP contribution is -2.16. The summed E-state index contributed by atoms with van der Waals surface area (Å²) in [5.74, 6) is 0.0301. The maximum atomic E-state index is 12.8. The van der Waals surface area contributed by atoms with Crippen LogP contribution in [0.4, 0.5) is 5.82 Å². The molecule has 142 valence electrons. The topological polar surface area (TPSA) is 86.5 Å². The first-order valence-electron chi connectivity index (χ1n) is 9.18. The van der Waals surface area contributed by atoms with E-state index >= 15 is 0 Å². The predicted octanol–water partition coefficient (Wildman–Crippen LogP) is 4.52. The molecule has 4 rings (SSSR count). The maximum Gasteiger partial charge on any atom is 0.267 e. The minimum atomic E-state index is -0.481. The van der Waals surface area contributed by atoms with Crippen molar-refractivity contribution < 1.29 is 4.79 Å². The minimum Gasteiger partial charge on any atom is -0.361 e. The molecule has 2 heterocycles. The first kappa shape index (κ1) is 18.3. The van der Waals surface area contributed by atoms with Gasteiger partial charge in [0.15, 0.2) is 0 Å². The molecule has 1 amide bonds. The van der Waals surface area contributed by atoms with Gasteiger partial charge in [-0.2, -0.15) is 10.4 Å². The average Bonchev–Trinajstić information content (AvgIpc) is 3.29. The summed E-state index contributed by atoms with van der Waals surface area (Å²) in [4.78, 5) is 15.9. The first-order chi connectivity index (χ1) is 14.0. The Morgan fingerprint density at radius 3 is 2.69 bits per heavy atom. The van der Waals surface area contributed by atoms with Gasteiger partial charge in [-0.1, -0.05) is 35.9 Å². The molecule has 0 aliphatic rings. The molecular weight excluding hydrogens is 362 g/mol. The third-order valence-electron chi connectivity index (χ3n) is 4.64. The first-order valence-corrected chi connectivity index (χ1v) is 9.18. The number of amides is 1. The van der Waals surface area contributed by atoms with E-state index in [0.717, 1.165) is 33.4 Å². The number of para-hydroxylation sites is 1. The van der Waals surface area contributed by atoms with Crippen LogP contribution in [0.15, 0.2) is 66.4 Å². The second-order valence-electron chi connectivity index (χ2n) is 6.83. The van der Waals surface area contributed by atoms with Gasteiger partial charge in [0.2, 0.25) is 0 Å². The normalized spacial score (nSPS) is 11.4. The number of nitrogens with one attached hydrogen (secondary N) is 2. The van der Waals surface area contributed by atoms with Gasteiger partial charge in [-0.05, 0) is 38.1 Å². The summed E-state index contributed by atoms with van der Waals surface area (Å²) >= 11 is 0. The number of anilines is 1. The number of rotatable bonds is 4. The van der Waals surface area contributed by atoms with Crippen LogP contribution in [-0.4, -0.2) is 20.7 Å². The van der Waals surface area contributed by atoms with E-state index in [1.165, 1.54) is 0 Å². The summed E-state index contributed by atoms with van der Waals surface area (Å²) < 4.78 is 1.66. The van der Waals surface area contributed by atoms with Crippen molar-refractivity contribution >= 4 is 28.7 Å². The van der Waals surface area contributed by atoms with E-state index < -0.39 is 5.91 Å². The highest BCUT2D eigenvalue weighted by Crippen LogP contribution is 2.22. The van der Waals surface area contributed by atoms with E-state index in [0.29, 0.717) is 5.82 Å². The largest absolute Gasteiger partial charge is 0.361 e. The SMILES string of the molecule is Cc1ccc(-n2nc(C)cc2NC(=O)/C(C#N)=C/c2c[nH]c3ccccc23)cc1. The zero-order chi connectivity index (χ0) is 20.4. The Kier molecular flexibility index (Phi) is 4.71. The number of fused-ring (bicyclic) bond motifs is 1. The molecule has 0 radical (unpaired) electrons. The fourth-order valence-electron chi connectivity index (χ4n) is 3.17. The molecule has 2 aromatic carbocycles. The molecule has 0 saturated carbocycles. The van der Waals surface area contributed by atoms with Gasteiger partial charge in [0, 0.05) is 28.7 Å². The highest BCUT2D eigenvalue weighted by molar-refractivity contribution is 6.10. The van der Waals surface area contributed by atoms with E-state index in [2.05, 4.69) is 15.4 Å². The van der Waals surface area contributed by atoms with Crippen LogP contribution in [0.25, 0.3) is 22.7 Å². The fourth-order valence-corrected chi connectivity index (χ4v) is 3.17. The van der Waals surface area contributed by atoms with Crippen LogP contribution in [0.5, 0.6) is 0 Å². The molecule has 0 atom stereocenters. The number of aromatic amines is 1. The van der Waals surface area contributed by atoms with E-state index in [-0.39, 0.29) is 5.57 Å². The number of carbonyl (C=O) groups excluding carboxylic acids is 1. The van der Waals surface area contributed by atoms with Crippen LogP contribution in [0.1, 0.15) is 16.8 Å². The lowest BCUT2D eigenvalue weighted by Gasteiger charge is -2.09. The zero-order valence-corrected chi connectivity index (χ0v) is 16.1. The van der Waals surface area contributed by atoms with Gasteiger partial charge in [-0.3, -0.25) is 4.79 Å². The summed E-state index contributed by atoms with van der Waals surface area (Å²) in [6.45, 7) is 3.86.